The summed E-state index contributed by atoms with van der Waals surface area (Å²) in [6.07, 6.45) is 4.01. The molecular weight excluding hydrogens is 170 g/mol. The first kappa shape index (κ1) is 10.3. The first-order valence-electron chi connectivity index (χ1n) is 4.80. The third-order valence-electron chi connectivity index (χ3n) is 1.95. The fraction of sp³-hybridized carbons (Fsp3) is 0.889. The summed E-state index contributed by atoms with van der Waals surface area (Å²) in [5.41, 5.74) is 2.29. The molecule has 76 valence electrons. The second-order valence-corrected chi connectivity index (χ2v) is 3.58. The molecule has 1 rings (SSSR count). The molecular formula is C9H17NO3. The lowest BCUT2D eigenvalue weighted by Gasteiger charge is -2.12. The van der Waals surface area contributed by atoms with Crippen LogP contribution in [0.25, 0.3) is 0 Å². The van der Waals surface area contributed by atoms with Gasteiger partial charge in [-0.15, -0.1) is 0 Å². The highest BCUT2D eigenvalue weighted by molar-refractivity contribution is 5.65. The first-order valence-corrected chi connectivity index (χ1v) is 4.80. The van der Waals surface area contributed by atoms with E-state index in [2.05, 4.69) is 5.48 Å². The average molecular weight is 187 g/mol. The topological polar surface area (TPSA) is 47.6 Å². The van der Waals surface area contributed by atoms with Crippen LogP contribution < -0.4 is 5.48 Å². The number of amides is 1. The zero-order valence-electron chi connectivity index (χ0n) is 8.21. The zero-order chi connectivity index (χ0) is 9.68. The molecule has 0 atom stereocenters. The van der Waals surface area contributed by atoms with Crippen LogP contribution in [0.4, 0.5) is 4.79 Å². The molecule has 1 aliphatic carbocycles. The number of carbonyl (C=O) groups is 1. The summed E-state index contributed by atoms with van der Waals surface area (Å²) in [6, 6.07) is 0. The Kier molecular flexibility index (Phi) is 4.02. The van der Waals surface area contributed by atoms with E-state index in [4.69, 9.17) is 9.57 Å². The average Bonchev–Trinajstić information content (AvgIpc) is 2.51. The van der Waals surface area contributed by atoms with Crippen LogP contribution in [0.15, 0.2) is 0 Å². The predicted molar refractivity (Wildman–Crippen MR) is 48.1 cm³/mol. The number of hydrogen-bond donors (Lipinski definition) is 1. The molecule has 0 aliphatic heterocycles. The normalized spacial score (nSPS) is 17.8. The molecule has 13 heavy (non-hydrogen) atoms. The van der Waals surface area contributed by atoms with Gasteiger partial charge in [0.05, 0.1) is 12.2 Å². The van der Waals surface area contributed by atoms with Crippen LogP contribution in [0.1, 0.15) is 39.5 Å². The molecule has 0 aromatic carbocycles. The lowest BCUT2D eigenvalue weighted by molar-refractivity contribution is -0.0254. The summed E-state index contributed by atoms with van der Waals surface area (Å²) in [4.78, 5) is 16.1. The van der Waals surface area contributed by atoms with Crippen LogP contribution >= 0.6 is 0 Å². The molecule has 1 amide bonds. The van der Waals surface area contributed by atoms with E-state index in [1.807, 2.05) is 0 Å². The molecule has 0 unspecified atom stereocenters. The van der Waals surface area contributed by atoms with Gasteiger partial charge >= 0.3 is 6.09 Å². The van der Waals surface area contributed by atoms with E-state index in [0.717, 1.165) is 12.8 Å². The zero-order valence-corrected chi connectivity index (χ0v) is 8.21. The SMILES string of the molecule is CC(C)OC(=O)NOC1CCCC1. The Bertz CT molecular complexity index is 164. The Morgan fingerprint density at radius 2 is 2.00 bits per heavy atom. The van der Waals surface area contributed by atoms with Crippen molar-refractivity contribution in [2.75, 3.05) is 0 Å². The van der Waals surface area contributed by atoms with Crippen molar-refractivity contribution in [2.45, 2.75) is 51.7 Å². The standard InChI is InChI=1S/C9H17NO3/c1-7(2)12-9(11)10-13-8-5-3-4-6-8/h7-8H,3-6H2,1-2H3,(H,10,11). The minimum atomic E-state index is -0.498. The predicted octanol–water partition coefficient (Wildman–Crippen LogP) is 2.00. The van der Waals surface area contributed by atoms with Crippen molar-refractivity contribution in [3.05, 3.63) is 0 Å². The highest BCUT2D eigenvalue weighted by Crippen LogP contribution is 2.19. The Labute approximate surface area is 78.5 Å². The summed E-state index contributed by atoms with van der Waals surface area (Å²) in [5, 5.41) is 0. The quantitative estimate of drug-likeness (QED) is 0.687. The van der Waals surface area contributed by atoms with Gasteiger partial charge in [0.15, 0.2) is 0 Å². The van der Waals surface area contributed by atoms with Gasteiger partial charge in [-0.3, -0.25) is 4.84 Å². The van der Waals surface area contributed by atoms with Gasteiger partial charge < -0.3 is 4.74 Å². The van der Waals surface area contributed by atoms with Crippen LogP contribution in [0.3, 0.4) is 0 Å². The first-order chi connectivity index (χ1) is 6.18. The number of hydrogen-bond acceptors (Lipinski definition) is 3. The molecule has 1 fully saturated rings. The van der Waals surface area contributed by atoms with E-state index in [1.165, 1.54) is 12.8 Å². The summed E-state index contributed by atoms with van der Waals surface area (Å²) < 4.78 is 4.83. The van der Waals surface area contributed by atoms with E-state index in [9.17, 15) is 4.79 Å². The monoisotopic (exact) mass is 187 g/mol. The Balaban J connectivity index is 2.07. The van der Waals surface area contributed by atoms with Crippen LogP contribution in [-0.4, -0.2) is 18.3 Å². The van der Waals surface area contributed by atoms with E-state index < -0.39 is 6.09 Å². The largest absolute Gasteiger partial charge is 0.445 e. The van der Waals surface area contributed by atoms with E-state index in [0.29, 0.717) is 0 Å². The molecule has 1 N–H and O–H groups in total. The summed E-state index contributed by atoms with van der Waals surface area (Å²) in [7, 11) is 0. The van der Waals surface area contributed by atoms with Crippen molar-refractivity contribution < 1.29 is 14.4 Å². The molecule has 0 radical (unpaired) electrons. The van der Waals surface area contributed by atoms with Gasteiger partial charge in [0.25, 0.3) is 0 Å². The fourth-order valence-electron chi connectivity index (χ4n) is 1.38. The van der Waals surface area contributed by atoms with Gasteiger partial charge in [-0.1, -0.05) is 12.8 Å². The van der Waals surface area contributed by atoms with Gasteiger partial charge in [0.2, 0.25) is 0 Å². The molecule has 1 saturated carbocycles. The van der Waals surface area contributed by atoms with E-state index in [-0.39, 0.29) is 12.2 Å². The fourth-order valence-corrected chi connectivity index (χ4v) is 1.38. The van der Waals surface area contributed by atoms with Crippen molar-refractivity contribution in [1.29, 1.82) is 0 Å². The maximum atomic E-state index is 11.0. The number of ether oxygens (including phenoxy) is 1. The van der Waals surface area contributed by atoms with Gasteiger partial charge in [-0.25, -0.2) is 4.79 Å². The molecule has 0 aromatic heterocycles. The maximum absolute atomic E-state index is 11.0. The second-order valence-electron chi connectivity index (χ2n) is 3.58. The van der Waals surface area contributed by atoms with Crippen LogP contribution in [-0.2, 0) is 9.57 Å². The summed E-state index contributed by atoms with van der Waals surface area (Å²) >= 11 is 0. The van der Waals surface area contributed by atoms with Crippen molar-refractivity contribution in [2.24, 2.45) is 0 Å². The van der Waals surface area contributed by atoms with Gasteiger partial charge in [0, 0.05) is 0 Å². The van der Waals surface area contributed by atoms with Crippen molar-refractivity contribution in [3.63, 3.8) is 0 Å². The number of hydroxylamine groups is 1. The van der Waals surface area contributed by atoms with E-state index in [1.54, 1.807) is 13.8 Å². The highest BCUT2D eigenvalue weighted by atomic mass is 16.7. The number of rotatable bonds is 3. The lowest BCUT2D eigenvalue weighted by atomic mass is 10.3. The third kappa shape index (κ3) is 4.12. The smallest absolute Gasteiger partial charge is 0.431 e. The molecule has 0 heterocycles. The van der Waals surface area contributed by atoms with Crippen LogP contribution in [0.2, 0.25) is 0 Å². The molecule has 4 nitrogen and oxygen atoms in total. The molecule has 0 aromatic rings. The van der Waals surface area contributed by atoms with E-state index >= 15 is 0 Å². The van der Waals surface area contributed by atoms with Gasteiger partial charge in [-0.05, 0) is 26.7 Å². The molecule has 0 bridgehead atoms. The minimum Gasteiger partial charge on any atom is -0.445 e. The lowest BCUT2D eigenvalue weighted by Crippen LogP contribution is -2.30. The molecule has 0 saturated heterocycles. The molecule has 1 aliphatic rings. The summed E-state index contributed by atoms with van der Waals surface area (Å²) in [5.74, 6) is 0. The Morgan fingerprint density at radius 3 is 2.54 bits per heavy atom. The van der Waals surface area contributed by atoms with Gasteiger partial charge in [-0.2, -0.15) is 5.48 Å². The summed E-state index contributed by atoms with van der Waals surface area (Å²) in [6.45, 7) is 3.60. The second kappa shape index (κ2) is 5.07. The Morgan fingerprint density at radius 1 is 1.38 bits per heavy atom. The van der Waals surface area contributed by atoms with Gasteiger partial charge in [0.1, 0.15) is 0 Å². The number of nitrogens with one attached hydrogen (secondary N) is 1. The van der Waals surface area contributed by atoms with Crippen LogP contribution in [0, 0.1) is 0 Å². The number of carbonyl (C=O) groups excluding carboxylic acids is 1. The maximum Gasteiger partial charge on any atom is 0.431 e. The molecule has 4 heteroatoms. The molecule has 0 spiro atoms. The minimum absolute atomic E-state index is 0.104. The van der Waals surface area contributed by atoms with Crippen molar-refractivity contribution >= 4 is 6.09 Å². The Hall–Kier alpha value is -0.770. The van der Waals surface area contributed by atoms with Crippen molar-refractivity contribution in [3.8, 4) is 0 Å². The third-order valence-corrected chi connectivity index (χ3v) is 1.95. The van der Waals surface area contributed by atoms with Crippen molar-refractivity contribution in [1.82, 2.24) is 5.48 Å². The van der Waals surface area contributed by atoms with Crippen LogP contribution in [0.5, 0.6) is 0 Å². The highest BCUT2D eigenvalue weighted by Gasteiger charge is 2.17.